The standard InChI is InChI=1S/C26H28N4O/c1-19-27-24-14-17-30(18-23(24)25(28-19)29-15-6-3-7-16-29)26(31)22-12-10-21(11-13-22)20-8-4-2-5-9-20/h2,4-5,8-13H,3,6-7,14-18H2,1H3. The molecule has 1 fully saturated rings. The number of anilines is 1. The highest BCUT2D eigenvalue weighted by Gasteiger charge is 2.28. The van der Waals surface area contributed by atoms with Crippen LogP contribution in [-0.2, 0) is 13.0 Å². The molecule has 0 atom stereocenters. The number of amides is 1. The van der Waals surface area contributed by atoms with Crippen molar-refractivity contribution in [2.24, 2.45) is 0 Å². The summed E-state index contributed by atoms with van der Waals surface area (Å²) in [5.74, 6) is 1.95. The molecule has 0 radical (unpaired) electrons. The van der Waals surface area contributed by atoms with E-state index in [1.807, 2.05) is 54.3 Å². The topological polar surface area (TPSA) is 49.3 Å². The van der Waals surface area contributed by atoms with E-state index in [0.717, 1.165) is 59.1 Å². The normalized spacial score (nSPS) is 16.2. The molecule has 0 spiro atoms. The zero-order valence-corrected chi connectivity index (χ0v) is 18.1. The summed E-state index contributed by atoms with van der Waals surface area (Å²) in [4.78, 5) is 27.1. The Bertz CT molecular complexity index is 1070. The van der Waals surface area contributed by atoms with Gasteiger partial charge in [0, 0.05) is 37.2 Å². The maximum absolute atomic E-state index is 13.3. The first-order valence-electron chi connectivity index (χ1n) is 11.2. The molecule has 5 nitrogen and oxygen atoms in total. The fourth-order valence-corrected chi connectivity index (χ4v) is 4.68. The molecule has 3 heterocycles. The maximum Gasteiger partial charge on any atom is 0.254 e. The summed E-state index contributed by atoms with van der Waals surface area (Å²) in [6.07, 6.45) is 4.47. The molecule has 158 valence electrons. The fourth-order valence-electron chi connectivity index (χ4n) is 4.68. The number of fused-ring (bicyclic) bond motifs is 1. The number of carbonyl (C=O) groups excluding carboxylic acids is 1. The first kappa shape index (κ1) is 19.7. The third-order valence-corrected chi connectivity index (χ3v) is 6.33. The van der Waals surface area contributed by atoms with Crippen LogP contribution in [0.3, 0.4) is 0 Å². The zero-order chi connectivity index (χ0) is 21.2. The molecule has 0 N–H and O–H groups in total. The van der Waals surface area contributed by atoms with Gasteiger partial charge in [-0.2, -0.15) is 0 Å². The predicted octanol–water partition coefficient (Wildman–Crippen LogP) is 4.64. The van der Waals surface area contributed by atoms with Crippen LogP contribution in [0.5, 0.6) is 0 Å². The summed E-state index contributed by atoms with van der Waals surface area (Å²) in [7, 11) is 0. The van der Waals surface area contributed by atoms with Crippen molar-refractivity contribution < 1.29 is 4.79 Å². The van der Waals surface area contributed by atoms with Crippen molar-refractivity contribution in [2.75, 3.05) is 24.5 Å². The molecule has 1 saturated heterocycles. The number of aryl methyl sites for hydroxylation is 1. The number of nitrogens with zero attached hydrogens (tertiary/aromatic N) is 4. The van der Waals surface area contributed by atoms with Gasteiger partial charge in [0.25, 0.3) is 5.91 Å². The van der Waals surface area contributed by atoms with Gasteiger partial charge in [-0.15, -0.1) is 0 Å². The molecule has 5 heteroatoms. The van der Waals surface area contributed by atoms with Crippen molar-refractivity contribution in [1.82, 2.24) is 14.9 Å². The van der Waals surface area contributed by atoms with E-state index in [0.29, 0.717) is 13.1 Å². The molecule has 5 rings (SSSR count). The highest BCUT2D eigenvalue weighted by Crippen LogP contribution is 2.29. The SMILES string of the molecule is Cc1nc2c(c(N3CCCCC3)n1)CN(C(=O)c1ccc(-c3ccccc3)cc1)CC2. The van der Waals surface area contributed by atoms with Crippen LogP contribution in [0, 0.1) is 6.92 Å². The molecule has 3 aromatic rings. The number of rotatable bonds is 3. The Morgan fingerprint density at radius 3 is 2.29 bits per heavy atom. The van der Waals surface area contributed by atoms with Crippen molar-refractivity contribution in [2.45, 2.75) is 39.2 Å². The van der Waals surface area contributed by atoms with Crippen LogP contribution in [0.4, 0.5) is 5.82 Å². The van der Waals surface area contributed by atoms with E-state index < -0.39 is 0 Å². The lowest BCUT2D eigenvalue weighted by Gasteiger charge is -2.34. The number of benzene rings is 2. The second-order valence-electron chi connectivity index (χ2n) is 8.49. The monoisotopic (exact) mass is 412 g/mol. The summed E-state index contributed by atoms with van der Waals surface area (Å²) in [6, 6.07) is 18.2. The van der Waals surface area contributed by atoms with Gasteiger partial charge in [0.05, 0.1) is 12.2 Å². The Morgan fingerprint density at radius 2 is 1.55 bits per heavy atom. The van der Waals surface area contributed by atoms with Gasteiger partial charge in [-0.25, -0.2) is 9.97 Å². The van der Waals surface area contributed by atoms with Crippen LogP contribution >= 0.6 is 0 Å². The van der Waals surface area contributed by atoms with Crippen LogP contribution in [0.25, 0.3) is 11.1 Å². The number of hydrogen-bond donors (Lipinski definition) is 0. The highest BCUT2D eigenvalue weighted by molar-refractivity contribution is 5.95. The average Bonchev–Trinajstić information content (AvgIpc) is 2.84. The van der Waals surface area contributed by atoms with E-state index in [9.17, 15) is 4.79 Å². The molecule has 0 unspecified atom stereocenters. The predicted molar refractivity (Wildman–Crippen MR) is 123 cm³/mol. The second-order valence-corrected chi connectivity index (χ2v) is 8.49. The molecule has 31 heavy (non-hydrogen) atoms. The van der Waals surface area contributed by atoms with Crippen LogP contribution in [-0.4, -0.2) is 40.4 Å². The van der Waals surface area contributed by atoms with E-state index in [1.54, 1.807) is 0 Å². The minimum Gasteiger partial charge on any atom is -0.356 e. The summed E-state index contributed by atoms with van der Waals surface area (Å²) >= 11 is 0. The molecule has 0 aliphatic carbocycles. The number of hydrogen-bond acceptors (Lipinski definition) is 4. The van der Waals surface area contributed by atoms with Crippen LogP contribution in [0.1, 0.15) is 46.7 Å². The third kappa shape index (κ3) is 4.05. The van der Waals surface area contributed by atoms with Gasteiger partial charge in [0.15, 0.2) is 0 Å². The van der Waals surface area contributed by atoms with Crippen molar-refractivity contribution in [3.63, 3.8) is 0 Å². The molecular formula is C26H28N4O. The molecule has 0 bridgehead atoms. The van der Waals surface area contributed by atoms with Gasteiger partial charge in [-0.3, -0.25) is 4.79 Å². The quantitative estimate of drug-likeness (QED) is 0.629. The average molecular weight is 413 g/mol. The van der Waals surface area contributed by atoms with Crippen molar-refractivity contribution >= 4 is 11.7 Å². The van der Waals surface area contributed by atoms with E-state index >= 15 is 0 Å². The molecule has 1 amide bonds. The Balaban J connectivity index is 1.38. The molecule has 0 saturated carbocycles. The van der Waals surface area contributed by atoms with Crippen LogP contribution in [0.15, 0.2) is 54.6 Å². The summed E-state index contributed by atoms with van der Waals surface area (Å²) < 4.78 is 0. The maximum atomic E-state index is 13.3. The Morgan fingerprint density at radius 1 is 0.839 bits per heavy atom. The molecular weight excluding hydrogens is 384 g/mol. The number of carbonyl (C=O) groups is 1. The zero-order valence-electron chi connectivity index (χ0n) is 18.1. The Labute approximate surface area is 183 Å². The van der Waals surface area contributed by atoms with E-state index in [2.05, 4.69) is 17.0 Å². The van der Waals surface area contributed by atoms with Gasteiger partial charge in [-0.1, -0.05) is 42.5 Å². The summed E-state index contributed by atoms with van der Waals surface area (Å²) in [5.41, 5.74) is 5.25. The van der Waals surface area contributed by atoms with Gasteiger partial charge >= 0.3 is 0 Å². The van der Waals surface area contributed by atoms with Crippen LogP contribution < -0.4 is 4.90 Å². The van der Waals surface area contributed by atoms with Gasteiger partial charge < -0.3 is 9.80 Å². The van der Waals surface area contributed by atoms with E-state index in [-0.39, 0.29) is 5.91 Å². The molecule has 1 aromatic heterocycles. The van der Waals surface area contributed by atoms with E-state index in [4.69, 9.17) is 9.97 Å². The third-order valence-electron chi connectivity index (χ3n) is 6.33. The number of aromatic nitrogens is 2. The summed E-state index contributed by atoms with van der Waals surface area (Å²) in [6.45, 7) is 5.33. The van der Waals surface area contributed by atoms with E-state index in [1.165, 1.54) is 19.3 Å². The minimum atomic E-state index is 0.0791. The first-order chi connectivity index (χ1) is 15.2. The van der Waals surface area contributed by atoms with Crippen LogP contribution in [0.2, 0.25) is 0 Å². The first-order valence-corrected chi connectivity index (χ1v) is 11.2. The Kier molecular flexibility index (Phi) is 5.41. The highest BCUT2D eigenvalue weighted by atomic mass is 16.2. The molecule has 2 aromatic carbocycles. The van der Waals surface area contributed by atoms with Gasteiger partial charge in [-0.05, 0) is 49.4 Å². The largest absolute Gasteiger partial charge is 0.356 e. The van der Waals surface area contributed by atoms with Crippen molar-refractivity contribution in [3.05, 3.63) is 77.2 Å². The fraction of sp³-hybridized carbons (Fsp3) is 0.346. The summed E-state index contributed by atoms with van der Waals surface area (Å²) in [5, 5.41) is 0. The lowest BCUT2D eigenvalue weighted by molar-refractivity contribution is 0.0733. The second kappa shape index (κ2) is 8.50. The van der Waals surface area contributed by atoms with Crippen molar-refractivity contribution in [3.8, 4) is 11.1 Å². The smallest absolute Gasteiger partial charge is 0.254 e. The minimum absolute atomic E-state index is 0.0791. The van der Waals surface area contributed by atoms with Gasteiger partial charge in [0.1, 0.15) is 11.6 Å². The lowest BCUT2D eigenvalue weighted by Crippen LogP contribution is -2.39. The van der Waals surface area contributed by atoms with Crippen molar-refractivity contribution in [1.29, 1.82) is 0 Å². The number of piperidine rings is 1. The van der Waals surface area contributed by atoms with Gasteiger partial charge in [0.2, 0.25) is 0 Å². The molecule has 2 aliphatic heterocycles. The molecule has 2 aliphatic rings. The Hall–Kier alpha value is -3.21. The lowest BCUT2D eigenvalue weighted by atomic mass is 10.0.